The summed E-state index contributed by atoms with van der Waals surface area (Å²) in [5, 5.41) is 8.74. The summed E-state index contributed by atoms with van der Waals surface area (Å²) in [7, 11) is -3.65. The second-order valence-electron chi connectivity index (χ2n) is 4.97. The summed E-state index contributed by atoms with van der Waals surface area (Å²) in [4.78, 5) is 10.8. The van der Waals surface area contributed by atoms with Crippen molar-refractivity contribution in [3.8, 4) is 0 Å². The summed E-state index contributed by atoms with van der Waals surface area (Å²) in [6, 6.07) is 6.69. The smallest absolute Gasteiger partial charge is 0.307 e. The average molecular weight is 299 g/mol. The first kappa shape index (κ1) is 16.7. The zero-order valence-electron chi connectivity index (χ0n) is 12.0. The van der Waals surface area contributed by atoms with Gasteiger partial charge in [-0.25, -0.2) is 13.1 Å². The summed E-state index contributed by atoms with van der Waals surface area (Å²) >= 11 is 0. The van der Waals surface area contributed by atoms with Gasteiger partial charge in [-0.2, -0.15) is 0 Å². The Kier molecular flexibility index (Phi) is 5.71. The number of benzene rings is 1. The highest BCUT2D eigenvalue weighted by Crippen LogP contribution is 2.20. The number of carbonyl (C=O) groups is 1. The molecule has 112 valence electrons. The molecule has 2 atom stereocenters. The van der Waals surface area contributed by atoms with E-state index in [4.69, 9.17) is 5.11 Å². The van der Waals surface area contributed by atoms with Gasteiger partial charge in [0.25, 0.3) is 0 Å². The predicted molar refractivity (Wildman–Crippen MR) is 77.1 cm³/mol. The quantitative estimate of drug-likeness (QED) is 0.808. The number of rotatable bonds is 7. The van der Waals surface area contributed by atoms with Gasteiger partial charge in [0.15, 0.2) is 0 Å². The largest absolute Gasteiger partial charge is 0.481 e. The van der Waals surface area contributed by atoms with Crippen LogP contribution in [0.5, 0.6) is 0 Å². The fourth-order valence-electron chi connectivity index (χ4n) is 1.62. The highest BCUT2D eigenvalue weighted by atomic mass is 32.2. The van der Waals surface area contributed by atoms with E-state index in [0.29, 0.717) is 5.92 Å². The summed E-state index contributed by atoms with van der Waals surface area (Å²) < 4.78 is 26.3. The Morgan fingerprint density at radius 1 is 1.25 bits per heavy atom. The van der Waals surface area contributed by atoms with Gasteiger partial charge in [-0.1, -0.05) is 32.9 Å². The highest BCUT2D eigenvalue weighted by molar-refractivity contribution is 7.89. The monoisotopic (exact) mass is 299 g/mol. The van der Waals surface area contributed by atoms with Crippen molar-refractivity contribution in [2.24, 2.45) is 5.92 Å². The molecule has 0 saturated heterocycles. The summed E-state index contributed by atoms with van der Waals surface area (Å²) in [6.45, 7) is 5.49. The molecule has 1 aromatic carbocycles. The molecular weight excluding hydrogens is 278 g/mol. The lowest BCUT2D eigenvalue weighted by Crippen LogP contribution is -2.31. The topological polar surface area (TPSA) is 83.5 Å². The van der Waals surface area contributed by atoms with Crippen LogP contribution in [-0.2, 0) is 14.8 Å². The van der Waals surface area contributed by atoms with Crippen molar-refractivity contribution in [2.45, 2.75) is 38.0 Å². The molecule has 0 aliphatic rings. The van der Waals surface area contributed by atoms with Gasteiger partial charge in [0.1, 0.15) is 0 Å². The molecule has 6 heteroatoms. The van der Waals surface area contributed by atoms with Gasteiger partial charge in [0.05, 0.1) is 10.8 Å². The first-order valence-electron chi connectivity index (χ1n) is 6.60. The molecular formula is C14H21NO4S. The molecule has 2 N–H and O–H groups in total. The van der Waals surface area contributed by atoms with E-state index in [2.05, 4.69) is 18.6 Å². The molecule has 1 rings (SSSR count). The van der Waals surface area contributed by atoms with Crippen LogP contribution < -0.4 is 4.72 Å². The molecule has 0 aliphatic heterocycles. The van der Waals surface area contributed by atoms with Crippen LogP contribution in [0.2, 0.25) is 0 Å². The number of carboxylic acids is 1. The van der Waals surface area contributed by atoms with E-state index in [1.807, 2.05) is 0 Å². The Balaban J connectivity index is 2.80. The van der Waals surface area contributed by atoms with Gasteiger partial charge >= 0.3 is 5.97 Å². The third-order valence-electron chi connectivity index (χ3n) is 3.37. The Hall–Kier alpha value is -1.40. The van der Waals surface area contributed by atoms with Crippen LogP contribution in [0.3, 0.4) is 0 Å². The molecule has 5 nitrogen and oxygen atoms in total. The number of hydrogen-bond acceptors (Lipinski definition) is 3. The Bertz CT molecular complexity index is 551. The minimum atomic E-state index is -3.65. The molecule has 0 aromatic heterocycles. The standard InChI is InChI=1S/C14H21NO4S/c1-4-10(2)12-5-7-13(8-6-12)20(18,19)15-9-11(3)14(16)17/h5-8,10-11,15H,4,9H2,1-3H3,(H,16,17)/t10-,11-/m1/s1. The zero-order chi connectivity index (χ0) is 15.3. The van der Waals surface area contributed by atoms with E-state index < -0.39 is 21.9 Å². The van der Waals surface area contributed by atoms with Crippen molar-refractivity contribution in [3.63, 3.8) is 0 Å². The molecule has 0 saturated carbocycles. The summed E-state index contributed by atoms with van der Waals surface area (Å²) in [6.07, 6.45) is 0.987. The van der Waals surface area contributed by atoms with Crippen LogP contribution in [-0.4, -0.2) is 26.0 Å². The number of aliphatic carboxylic acids is 1. The molecule has 0 amide bonds. The lowest BCUT2D eigenvalue weighted by Gasteiger charge is -2.12. The lowest BCUT2D eigenvalue weighted by atomic mass is 9.99. The van der Waals surface area contributed by atoms with Gasteiger partial charge in [-0.3, -0.25) is 4.79 Å². The van der Waals surface area contributed by atoms with Crippen LogP contribution >= 0.6 is 0 Å². The van der Waals surface area contributed by atoms with Gasteiger partial charge in [0, 0.05) is 6.54 Å². The van der Waals surface area contributed by atoms with Crippen LogP contribution in [0.4, 0.5) is 0 Å². The van der Waals surface area contributed by atoms with Crippen molar-refractivity contribution in [2.75, 3.05) is 6.54 Å². The number of nitrogens with one attached hydrogen (secondary N) is 1. The van der Waals surface area contributed by atoms with Crippen molar-refractivity contribution < 1.29 is 18.3 Å². The second kappa shape index (κ2) is 6.85. The Labute approximate surface area is 120 Å². The molecule has 0 radical (unpaired) electrons. The van der Waals surface area contributed by atoms with E-state index in [1.165, 1.54) is 6.92 Å². The van der Waals surface area contributed by atoms with E-state index in [-0.39, 0.29) is 11.4 Å². The van der Waals surface area contributed by atoms with E-state index >= 15 is 0 Å². The van der Waals surface area contributed by atoms with Crippen LogP contribution in [0.25, 0.3) is 0 Å². The third kappa shape index (κ3) is 4.31. The molecule has 0 fully saturated rings. The van der Waals surface area contributed by atoms with E-state index in [0.717, 1.165) is 12.0 Å². The lowest BCUT2D eigenvalue weighted by molar-refractivity contribution is -0.140. The molecule has 0 bridgehead atoms. The van der Waals surface area contributed by atoms with Gasteiger partial charge in [0.2, 0.25) is 10.0 Å². The number of hydrogen-bond donors (Lipinski definition) is 2. The second-order valence-corrected chi connectivity index (χ2v) is 6.74. The minimum Gasteiger partial charge on any atom is -0.481 e. The SMILES string of the molecule is CC[C@@H](C)c1ccc(S(=O)(=O)NC[C@@H](C)C(=O)O)cc1. The normalized spacial score (nSPS) is 14.8. The summed E-state index contributed by atoms with van der Waals surface area (Å²) in [5.74, 6) is -1.41. The first-order valence-corrected chi connectivity index (χ1v) is 8.08. The van der Waals surface area contributed by atoms with Crippen LogP contribution in [0.1, 0.15) is 38.7 Å². The number of sulfonamides is 1. The predicted octanol–water partition coefficient (Wildman–Crippen LogP) is 2.20. The van der Waals surface area contributed by atoms with Crippen molar-refractivity contribution in [1.29, 1.82) is 0 Å². The van der Waals surface area contributed by atoms with Crippen LogP contribution in [0, 0.1) is 5.92 Å². The van der Waals surface area contributed by atoms with Gasteiger partial charge in [-0.15, -0.1) is 0 Å². The fourth-order valence-corrected chi connectivity index (χ4v) is 2.75. The van der Waals surface area contributed by atoms with Crippen molar-refractivity contribution >= 4 is 16.0 Å². The Morgan fingerprint density at radius 2 is 1.80 bits per heavy atom. The Morgan fingerprint density at radius 3 is 2.25 bits per heavy atom. The van der Waals surface area contributed by atoms with Crippen molar-refractivity contribution in [3.05, 3.63) is 29.8 Å². The molecule has 0 spiro atoms. The van der Waals surface area contributed by atoms with Gasteiger partial charge in [-0.05, 0) is 30.0 Å². The molecule has 0 aliphatic carbocycles. The summed E-state index contributed by atoms with van der Waals surface area (Å²) in [5.41, 5.74) is 1.09. The maximum Gasteiger partial charge on any atom is 0.307 e. The zero-order valence-corrected chi connectivity index (χ0v) is 12.8. The first-order chi connectivity index (χ1) is 9.27. The van der Waals surface area contributed by atoms with Crippen molar-refractivity contribution in [1.82, 2.24) is 4.72 Å². The fraction of sp³-hybridized carbons (Fsp3) is 0.500. The molecule has 0 heterocycles. The molecule has 1 aromatic rings. The van der Waals surface area contributed by atoms with Gasteiger partial charge < -0.3 is 5.11 Å². The minimum absolute atomic E-state index is 0.120. The van der Waals surface area contributed by atoms with Crippen LogP contribution in [0.15, 0.2) is 29.2 Å². The highest BCUT2D eigenvalue weighted by Gasteiger charge is 2.18. The molecule has 20 heavy (non-hydrogen) atoms. The van der Waals surface area contributed by atoms with E-state index in [1.54, 1.807) is 24.3 Å². The maximum absolute atomic E-state index is 12.0. The molecule has 0 unspecified atom stereocenters. The maximum atomic E-state index is 12.0. The number of carboxylic acid groups (broad SMARTS) is 1. The van der Waals surface area contributed by atoms with E-state index in [9.17, 15) is 13.2 Å². The third-order valence-corrected chi connectivity index (χ3v) is 4.81. The average Bonchev–Trinajstić information content (AvgIpc) is 2.44.